The van der Waals surface area contributed by atoms with E-state index < -0.39 is 0 Å². The Hall–Kier alpha value is -5.86. The number of fused-ring (bicyclic) bond motifs is 6. The lowest BCUT2D eigenvalue weighted by molar-refractivity contribution is 0.830. The highest BCUT2D eigenvalue weighted by atomic mass is 15.0. The van der Waals surface area contributed by atoms with Gasteiger partial charge in [0.2, 0.25) is 0 Å². The van der Waals surface area contributed by atoms with Crippen LogP contribution in [0.15, 0.2) is 164 Å². The molecule has 0 amide bonds. The molecule has 2 aliphatic rings. The molecule has 5 aromatic carbocycles. The van der Waals surface area contributed by atoms with Gasteiger partial charge in [-0.25, -0.2) is 0 Å². The smallest absolute Gasteiger partial charge is 0.0538 e. The van der Waals surface area contributed by atoms with Gasteiger partial charge in [-0.2, -0.15) is 0 Å². The molecule has 2 aliphatic carbocycles. The third kappa shape index (κ3) is 10.3. The fraction of sp³-hybridized carbons (Fsp3) is 0.236. The van der Waals surface area contributed by atoms with E-state index in [2.05, 4.69) is 157 Å². The standard InChI is InChI=1S/C37H30N2.C7H8.C5H8.3C2H6/c1-38-34-16-7-5-14-30(34)32-23-27(18-20-35(32)38)28-19-21-37-33(24-28)31-15-6-8-17-36(31)39(37)29-13-9-12-26(22-29)25-10-3-2-4-11-25;1-7-5-3-2-4-6-7;1-3-5-4-2;3*1-2/h2-8,10-12,14-17,19,21-24H,9,13,18,20H2,1H3;2-6H,1H3;3-5H,1H2,2H3;3*1-2H3/b;;5-4-;;;. The first-order valence-corrected chi connectivity index (χ1v) is 21.1. The maximum atomic E-state index is 3.46. The fourth-order valence-electron chi connectivity index (χ4n) is 7.51. The van der Waals surface area contributed by atoms with Crippen LogP contribution in [0.1, 0.15) is 95.7 Å². The summed E-state index contributed by atoms with van der Waals surface area (Å²) in [4.78, 5) is 0. The molecule has 0 N–H and O–H groups in total. The van der Waals surface area contributed by atoms with Crippen LogP contribution in [0.2, 0.25) is 0 Å². The van der Waals surface area contributed by atoms with Crippen LogP contribution in [-0.2, 0) is 13.5 Å². The van der Waals surface area contributed by atoms with E-state index in [4.69, 9.17) is 0 Å². The van der Waals surface area contributed by atoms with Crippen LogP contribution in [0.5, 0.6) is 0 Å². The molecule has 7 aromatic rings. The minimum Gasteiger partial charge on any atom is -0.347 e. The minimum absolute atomic E-state index is 1.04. The molecular formula is C55H64N2. The average molecular weight is 753 g/mol. The molecule has 2 heterocycles. The Morgan fingerprint density at radius 2 is 1.18 bits per heavy atom. The van der Waals surface area contributed by atoms with Crippen LogP contribution in [0, 0.1) is 6.92 Å². The SMILES string of the molecule is C=C/C=C\C.CC.CC.CC.Cc1ccccc1.Cn1c2c(c3ccccc31)C=C(c1ccc3c(c1)c1ccccc1n3C1=CC(c3ccccc3)=CCC1)CC2. The molecule has 0 saturated heterocycles. The first-order valence-electron chi connectivity index (χ1n) is 21.1. The Morgan fingerprint density at radius 3 is 1.79 bits per heavy atom. The fourth-order valence-corrected chi connectivity index (χ4v) is 7.51. The molecule has 0 bridgehead atoms. The monoisotopic (exact) mass is 753 g/mol. The van der Waals surface area contributed by atoms with Gasteiger partial charge < -0.3 is 9.13 Å². The number of hydrogen-bond acceptors (Lipinski definition) is 0. The lowest BCUT2D eigenvalue weighted by Crippen LogP contribution is -2.03. The van der Waals surface area contributed by atoms with Gasteiger partial charge in [0.15, 0.2) is 0 Å². The summed E-state index contributed by atoms with van der Waals surface area (Å²) in [7, 11) is 2.21. The van der Waals surface area contributed by atoms with Crippen LogP contribution in [-0.4, -0.2) is 9.13 Å². The molecule has 2 heteroatoms. The largest absolute Gasteiger partial charge is 0.347 e. The highest BCUT2D eigenvalue weighted by molar-refractivity contribution is 6.11. The van der Waals surface area contributed by atoms with E-state index in [1.165, 1.54) is 77.5 Å². The molecule has 0 spiro atoms. The maximum Gasteiger partial charge on any atom is 0.0538 e. The van der Waals surface area contributed by atoms with Crippen molar-refractivity contribution >= 4 is 55.6 Å². The van der Waals surface area contributed by atoms with Crippen molar-refractivity contribution in [3.05, 3.63) is 192 Å². The second-order valence-electron chi connectivity index (χ2n) is 13.3. The van der Waals surface area contributed by atoms with E-state index in [0.29, 0.717) is 0 Å². The van der Waals surface area contributed by atoms with Crippen LogP contribution < -0.4 is 0 Å². The zero-order valence-electron chi connectivity index (χ0n) is 36.0. The second-order valence-corrected chi connectivity index (χ2v) is 13.3. The van der Waals surface area contributed by atoms with Gasteiger partial charge in [-0.3, -0.25) is 0 Å². The van der Waals surface area contributed by atoms with Gasteiger partial charge in [0.05, 0.1) is 11.0 Å². The Balaban J connectivity index is 0.000000339. The zero-order chi connectivity index (χ0) is 41.2. The molecular weight excluding hydrogens is 689 g/mol. The molecule has 294 valence electrons. The quantitative estimate of drug-likeness (QED) is 0.158. The lowest BCUT2D eigenvalue weighted by Gasteiger charge is -2.18. The van der Waals surface area contributed by atoms with Crippen molar-refractivity contribution in [2.24, 2.45) is 7.05 Å². The lowest BCUT2D eigenvalue weighted by atomic mass is 9.90. The van der Waals surface area contributed by atoms with Gasteiger partial charge >= 0.3 is 0 Å². The zero-order valence-corrected chi connectivity index (χ0v) is 36.0. The average Bonchev–Trinajstić information content (AvgIpc) is 3.78. The Morgan fingerprint density at radius 1 is 0.579 bits per heavy atom. The third-order valence-electron chi connectivity index (χ3n) is 10.0. The predicted octanol–water partition coefficient (Wildman–Crippen LogP) is 16.3. The second kappa shape index (κ2) is 22.6. The minimum atomic E-state index is 1.04. The summed E-state index contributed by atoms with van der Waals surface area (Å²) < 4.78 is 4.88. The molecule has 0 saturated carbocycles. The van der Waals surface area contributed by atoms with Gasteiger partial charge in [0.1, 0.15) is 0 Å². The van der Waals surface area contributed by atoms with Gasteiger partial charge in [-0.05, 0) is 98.2 Å². The Bertz CT molecular complexity index is 2440. The van der Waals surface area contributed by atoms with E-state index in [9.17, 15) is 0 Å². The summed E-state index contributed by atoms with van der Waals surface area (Å²) >= 11 is 0. The molecule has 0 atom stereocenters. The topological polar surface area (TPSA) is 9.86 Å². The number of nitrogens with zero attached hydrogens (tertiary/aromatic N) is 2. The molecule has 9 rings (SSSR count). The number of rotatable bonds is 4. The van der Waals surface area contributed by atoms with Crippen molar-refractivity contribution in [1.29, 1.82) is 0 Å². The third-order valence-corrected chi connectivity index (χ3v) is 10.0. The molecule has 0 aliphatic heterocycles. The summed E-state index contributed by atoms with van der Waals surface area (Å²) in [5.41, 5.74) is 14.8. The normalized spacial score (nSPS) is 12.7. The number of aromatic nitrogens is 2. The predicted molar refractivity (Wildman–Crippen MR) is 257 cm³/mol. The van der Waals surface area contributed by atoms with Crippen molar-refractivity contribution in [3.8, 4) is 0 Å². The van der Waals surface area contributed by atoms with Gasteiger partial charge in [0.25, 0.3) is 0 Å². The highest BCUT2D eigenvalue weighted by Crippen LogP contribution is 2.40. The summed E-state index contributed by atoms with van der Waals surface area (Å²) in [5, 5.41) is 4.02. The molecule has 2 aromatic heterocycles. The molecule has 0 unspecified atom stereocenters. The van der Waals surface area contributed by atoms with Gasteiger partial charge in [-0.15, -0.1) is 0 Å². The maximum absolute atomic E-state index is 3.46. The first kappa shape index (κ1) is 43.9. The highest BCUT2D eigenvalue weighted by Gasteiger charge is 2.21. The van der Waals surface area contributed by atoms with Crippen LogP contribution in [0.3, 0.4) is 0 Å². The van der Waals surface area contributed by atoms with E-state index >= 15 is 0 Å². The molecule has 0 fully saturated rings. The first-order chi connectivity index (χ1) is 28.1. The van der Waals surface area contributed by atoms with Crippen molar-refractivity contribution in [2.45, 2.75) is 81.1 Å². The number of aryl methyl sites for hydroxylation is 2. The van der Waals surface area contributed by atoms with Crippen molar-refractivity contribution in [2.75, 3.05) is 0 Å². The van der Waals surface area contributed by atoms with E-state index in [1.807, 2.05) is 78.8 Å². The summed E-state index contributed by atoms with van der Waals surface area (Å²) in [6, 6.07) is 45.9. The molecule has 2 nitrogen and oxygen atoms in total. The van der Waals surface area contributed by atoms with E-state index in [0.717, 1.165) is 25.7 Å². The summed E-state index contributed by atoms with van der Waals surface area (Å²) in [5.74, 6) is 0. The van der Waals surface area contributed by atoms with Crippen molar-refractivity contribution < 1.29 is 0 Å². The number of hydrogen-bond donors (Lipinski definition) is 0. The number of allylic oxidation sites excluding steroid dienone is 8. The Kier molecular flexibility index (Phi) is 17.4. The molecule has 0 radical (unpaired) electrons. The number of benzene rings is 5. The van der Waals surface area contributed by atoms with Crippen LogP contribution in [0.25, 0.3) is 55.6 Å². The van der Waals surface area contributed by atoms with Gasteiger partial charge in [-0.1, -0.05) is 181 Å². The van der Waals surface area contributed by atoms with Gasteiger partial charge in [0, 0.05) is 45.7 Å². The van der Waals surface area contributed by atoms with Crippen LogP contribution >= 0.6 is 0 Å². The van der Waals surface area contributed by atoms with Crippen LogP contribution in [0.4, 0.5) is 0 Å². The van der Waals surface area contributed by atoms with E-state index in [1.54, 1.807) is 6.08 Å². The van der Waals surface area contributed by atoms with Crippen molar-refractivity contribution in [1.82, 2.24) is 9.13 Å². The Labute approximate surface area is 343 Å². The molecule has 57 heavy (non-hydrogen) atoms. The summed E-state index contributed by atoms with van der Waals surface area (Å²) in [6.45, 7) is 19.5. The van der Waals surface area contributed by atoms with Crippen molar-refractivity contribution in [3.63, 3.8) is 0 Å². The van der Waals surface area contributed by atoms with E-state index in [-0.39, 0.29) is 0 Å². The number of para-hydroxylation sites is 2. The summed E-state index contributed by atoms with van der Waals surface area (Å²) in [6.07, 6.45) is 17.0.